The molecule has 0 radical (unpaired) electrons. The molecule has 3 saturated carbocycles. The van der Waals surface area contributed by atoms with Crippen LogP contribution in [-0.4, -0.2) is 18.8 Å². The smallest absolute Gasteiger partial charge is 0.122 e. The van der Waals surface area contributed by atoms with Crippen LogP contribution in [0.25, 0.3) is 0 Å². The van der Waals surface area contributed by atoms with Gasteiger partial charge in [0.05, 0.1) is 7.11 Å². The lowest BCUT2D eigenvalue weighted by molar-refractivity contribution is -0.168. The molecule has 0 amide bonds. The normalized spacial score (nSPS) is 35.2. The average molecular weight is 239 g/mol. The van der Waals surface area contributed by atoms with Gasteiger partial charge in [-0.2, -0.15) is 0 Å². The Morgan fingerprint density at radius 3 is 2.62 bits per heavy atom. The lowest BCUT2D eigenvalue weighted by atomic mass is 9.34. The van der Waals surface area contributed by atoms with E-state index in [1.165, 1.54) is 5.56 Å². The van der Waals surface area contributed by atoms with Gasteiger partial charge in [-0.1, -0.05) is 11.6 Å². The number of rotatable bonds is 3. The molecule has 0 heterocycles. The number of halogens is 1. The van der Waals surface area contributed by atoms with Crippen LogP contribution in [-0.2, 0) is 5.41 Å². The van der Waals surface area contributed by atoms with Gasteiger partial charge in [0.2, 0.25) is 0 Å². The van der Waals surface area contributed by atoms with E-state index in [0.29, 0.717) is 6.61 Å². The first kappa shape index (κ1) is 10.4. The molecule has 3 fully saturated rings. The summed E-state index contributed by atoms with van der Waals surface area (Å²) in [6, 6.07) is 5.81. The highest BCUT2D eigenvalue weighted by molar-refractivity contribution is 6.30. The predicted molar refractivity (Wildman–Crippen MR) is 63.1 cm³/mol. The zero-order chi connectivity index (χ0) is 11.4. The topological polar surface area (TPSA) is 29.5 Å². The maximum Gasteiger partial charge on any atom is 0.122 e. The van der Waals surface area contributed by atoms with Crippen LogP contribution in [0.4, 0.5) is 0 Å². The van der Waals surface area contributed by atoms with Crippen molar-refractivity contribution < 1.29 is 9.84 Å². The third kappa shape index (κ3) is 1.17. The van der Waals surface area contributed by atoms with Crippen LogP contribution in [0.3, 0.4) is 0 Å². The number of hydrogen-bond acceptors (Lipinski definition) is 2. The van der Waals surface area contributed by atoms with Gasteiger partial charge in [0, 0.05) is 22.6 Å². The summed E-state index contributed by atoms with van der Waals surface area (Å²) in [6.45, 7) is 0.317. The second-order valence-electron chi connectivity index (χ2n) is 5.31. The molecule has 16 heavy (non-hydrogen) atoms. The first-order valence-electron chi connectivity index (χ1n) is 5.58. The van der Waals surface area contributed by atoms with Crippen molar-refractivity contribution in [1.29, 1.82) is 0 Å². The van der Waals surface area contributed by atoms with Crippen LogP contribution in [0, 0.1) is 5.41 Å². The van der Waals surface area contributed by atoms with Crippen LogP contribution in [0.5, 0.6) is 5.75 Å². The largest absolute Gasteiger partial charge is 0.496 e. The number of hydrogen-bond donors (Lipinski definition) is 1. The fourth-order valence-electron chi connectivity index (χ4n) is 3.55. The second kappa shape index (κ2) is 3.14. The number of benzene rings is 1. The number of aliphatic hydroxyl groups is 1. The lowest BCUT2D eigenvalue weighted by Gasteiger charge is -2.70. The van der Waals surface area contributed by atoms with Crippen molar-refractivity contribution >= 4 is 11.6 Å². The Kier molecular flexibility index (Phi) is 2.05. The van der Waals surface area contributed by atoms with Crippen molar-refractivity contribution in [2.24, 2.45) is 5.41 Å². The molecule has 1 aromatic rings. The summed E-state index contributed by atoms with van der Waals surface area (Å²) in [5.74, 6) is 0.927. The maximum atomic E-state index is 9.27. The quantitative estimate of drug-likeness (QED) is 0.878. The fourth-order valence-corrected chi connectivity index (χ4v) is 3.72. The monoisotopic (exact) mass is 238 g/mol. The van der Waals surface area contributed by atoms with Crippen LogP contribution >= 0.6 is 11.6 Å². The summed E-state index contributed by atoms with van der Waals surface area (Å²) in [6.07, 6.45) is 3.23. The third-order valence-electron chi connectivity index (χ3n) is 4.21. The first-order valence-corrected chi connectivity index (χ1v) is 5.96. The van der Waals surface area contributed by atoms with Crippen molar-refractivity contribution in [1.82, 2.24) is 0 Å². The molecule has 0 unspecified atom stereocenters. The van der Waals surface area contributed by atoms with Gasteiger partial charge in [-0.25, -0.2) is 0 Å². The molecule has 86 valence electrons. The zero-order valence-electron chi connectivity index (χ0n) is 9.29. The summed E-state index contributed by atoms with van der Waals surface area (Å²) in [5, 5.41) is 10.0. The Balaban J connectivity index is 1.94. The van der Waals surface area contributed by atoms with Crippen LogP contribution in [0.15, 0.2) is 18.2 Å². The molecule has 2 bridgehead atoms. The van der Waals surface area contributed by atoms with Crippen molar-refractivity contribution in [3.8, 4) is 5.75 Å². The molecule has 0 aromatic heterocycles. The highest BCUT2D eigenvalue weighted by Gasteiger charge is 2.68. The van der Waals surface area contributed by atoms with Crippen LogP contribution in [0.1, 0.15) is 24.8 Å². The molecular formula is C13H15ClO2. The van der Waals surface area contributed by atoms with E-state index in [0.717, 1.165) is 30.0 Å². The molecule has 0 atom stereocenters. The van der Waals surface area contributed by atoms with Gasteiger partial charge in [-0.05, 0) is 42.9 Å². The first-order chi connectivity index (χ1) is 7.63. The van der Waals surface area contributed by atoms with Gasteiger partial charge in [-0.3, -0.25) is 0 Å². The summed E-state index contributed by atoms with van der Waals surface area (Å²) in [4.78, 5) is 0. The number of aliphatic hydroxyl groups excluding tert-OH is 1. The summed E-state index contributed by atoms with van der Waals surface area (Å²) in [7, 11) is 1.69. The maximum absolute atomic E-state index is 9.27. The molecule has 1 aromatic carbocycles. The van der Waals surface area contributed by atoms with E-state index < -0.39 is 0 Å². The molecule has 3 aliphatic carbocycles. The molecular weight excluding hydrogens is 224 g/mol. The SMILES string of the molecule is COc1ccc(Cl)cc1C12CC(CO)(C1)C2. The molecule has 1 N–H and O–H groups in total. The predicted octanol–water partition coefficient (Wildman–Crippen LogP) is 2.76. The minimum atomic E-state index is 0.216. The minimum absolute atomic E-state index is 0.216. The van der Waals surface area contributed by atoms with Gasteiger partial charge in [0.25, 0.3) is 0 Å². The summed E-state index contributed by atoms with van der Waals surface area (Å²) < 4.78 is 5.39. The van der Waals surface area contributed by atoms with E-state index >= 15 is 0 Å². The van der Waals surface area contributed by atoms with Gasteiger partial charge in [0.15, 0.2) is 0 Å². The Bertz CT molecular complexity index is 422. The highest BCUT2D eigenvalue weighted by atomic mass is 35.5. The van der Waals surface area contributed by atoms with Crippen molar-refractivity contribution in [2.75, 3.05) is 13.7 Å². The van der Waals surface area contributed by atoms with Gasteiger partial charge < -0.3 is 9.84 Å². The van der Waals surface area contributed by atoms with Gasteiger partial charge >= 0.3 is 0 Å². The van der Waals surface area contributed by atoms with Crippen molar-refractivity contribution in [3.63, 3.8) is 0 Å². The Hall–Kier alpha value is -0.730. The number of ether oxygens (including phenoxy) is 1. The lowest BCUT2D eigenvalue weighted by Crippen LogP contribution is -2.66. The third-order valence-corrected chi connectivity index (χ3v) is 4.44. The van der Waals surface area contributed by atoms with Gasteiger partial charge in [-0.15, -0.1) is 0 Å². The Morgan fingerprint density at radius 1 is 1.38 bits per heavy atom. The average Bonchev–Trinajstić information content (AvgIpc) is 2.15. The van der Waals surface area contributed by atoms with E-state index in [9.17, 15) is 5.11 Å². The standard InChI is InChI=1S/C13H15ClO2/c1-16-11-3-2-9(14)4-10(11)13-5-12(6-13,7-13)8-15/h2-4,15H,5-8H2,1H3. The van der Waals surface area contributed by atoms with Crippen molar-refractivity contribution in [2.45, 2.75) is 24.7 Å². The van der Waals surface area contributed by atoms with Crippen molar-refractivity contribution in [3.05, 3.63) is 28.8 Å². The van der Waals surface area contributed by atoms with E-state index in [1.54, 1.807) is 7.11 Å². The highest BCUT2D eigenvalue weighted by Crippen LogP contribution is 2.74. The van der Waals surface area contributed by atoms with E-state index in [4.69, 9.17) is 16.3 Å². The van der Waals surface area contributed by atoms with E-state index in [1.807, 2.05) is 18.2 Å². The Labute approximate surface area is 100 Å². The molecule has 0 aliphatic heterocycles. The molecule has 3 heteroatoms. The van der Waals surface area contributed by atoms with E-state index in [-0.39, 0.29) is 10.8 Å². The van der Waals surface area contributed by atoms with Crippen LogP contribution in [0.2, 0.25) is 5.02 Å². The number of methoxy groups -OCH3 is 1. The zero-order valence-corrected chi connectivity index (χ0v) is 10.0. The Morgan fingerprint density at radius 2 is 2.06 bits per heavy atom. The molecule has 2 nitrogen and oxygen atoms in total. The molecule has 3 aliphatic rings. The minimum Gasteiger partial charge on any atom is -0.496 e. The molecule has 4 rings (SSSR count). The summed E-state index contributed by atoms with van der Waals surface area (Å²) >= 11 is 6.04. The summed E-state index contributed by atoms with van der Waals surface area (Å²) in [5.41, 5.74) is 1.67. The van der Waals surface area contributed by atoms with Gasteiger partial charge in [0.1, 0.15) is 5.75 Å². The molecule has 0 saturated heterocycles. The van der Waals surface area contributed by atoms with Crippen LogP contribution < -0.4 is 4.74 Å². The fraction of sp³-hybridized carbons (Fsp3) is 0.538. The molecule has 0 spiro atoms. The second-order valence-corrected chi connectivity index (χ2v) is 5.75. The van der Waals surface area contributed by atoms with E-state index in [2.05, 4.69) is 0 Å².